The molecule has 4 nitrogen and oxygen atoms in total. The molecule has 1 heterocycles. The van der Waals surface area contributed by atoms with E-state index in [2.05, 4.69) is 0 Å². The van der Waals surface area contributed by atoms with Gasteiger partial charge in [0.25, 0.3) is 10.0 Å². The molecule has 0 aliphatic carbocycles. The smallest absolute Gasteiger partial charge is 0.252 e. The summed E-state index contributed by atoms with van der Waals surface area (Å²) < 4.78 is 27.0. The molecule has 1 rings (SSSR count). The zero-order valence-corrected chi connectivity index (χ0v) is 13.6. The predicted molar refractivity (Wildman–Crippen MR) is 79.0 cm³/mol. The van der Waals surface area contributed by atoms with Gasteiger partial charge in [0.15, 0.2) is 0 Å². The second kappa shape index (κ2) is 6.35. The number of hydrogen-bond donors (Lipinski definition) is 1. The third-order valence-corrected chi connectivity index (χ3v) is 5.84. The summed E-state index contributed by atoms with van der Waals surface area (Å²) in [5.41, 5.74) is -0.116. The highest BCUT2D eigenvalue weighted by Crippen LogP contribution is 2.27. The molecule has 0 radical (unpaired) electrons. The summed E-state index contributed by atoms with van der Waals surface area (Å²) in [6.45, 7) is 8.72. The van der Waals surface area contributed by atoms with Gasteiger partial charge < -0.3 is 5.11 Å². The van der Waals surface area contributed by atoms with Crippen LogP contribution in [0.4, 0.5) is 0 Å². The summed E-state index contributed by atoms with van der Waals surface area (Å²) in [6, 6.07) is 3.48. The molecule has 0 spiro atoms. The summed E-state index contributed by atoms with van der Waals surface area (Å²) in [6.07, 6.45) is 0.458. The highest BCUT2D eigenvalue weighted by Gasteiger charge is 2.29. The average Bonchev–Trinajstić information content (AvgIpc) is 2.70. The van der Waals surface area contributed by atoms with Gasteiger partial charge in [-0.15, -0.1) is 11.3 Å². The lowest BCUT2D eigenvalue weighted by molar-refractivity contribution is 0.241. The zero-order chi connectivity index (χ0) is 14.7. The van der Waals surface area contributed by atoms with Crippen molar-refractivity contribution in [1.82, 2.24) is 4.31 Å². The van der Waals surface area contributed by atoms with Crippen molar-refractivity contribution >= 4 is 21.4 Å². The number of nitrogens with zero attached hydrogens (tertiary/aromatic N) is 1. The lowest BCUT2D eigenvalue weighted by Gasteiger charge is -2.28. The van der Waals surface area contributed by atoms with E-state index in [-0.39, 0.29) is 12.0 Å². The van der Waals surface area contributed by atoms with Crippen LogP contribution in [-0.2, 0) is 10.0 Å². The zero-order valence-electron chi connectivity index (χ0n) is 12.0. The van der Waals surface area contributed by atoms with Crippen LogP contribution >= 0.6 is 11.3 Å². The van der Waals surface area contributed by atoms with Crippen molar-refractivity contribution in [3.05, 3.63) is 17.0 Å². The van der Waals surface area contributed by atoms with E-state index in [9.17, 15) is 8.42 Å². The second-order valence-electron chi connectivity index (χ2n) is 5.84. The lowest BCUT2D eigenvalue weighted by atomic mass is 9.97. The third-order valence-electron chi connectivity index (χ3n) is 2.53. The first-order chi connectivity index (χ1) is 8.66. The Kier molecular flexibility index (Phi) is 5.55. The molecule has 1 aromatic heterocycles. The van der Waals surface area contributed by atoms with Gasteiger partial charge in [0.05, 0.1) is 0 Å². The molecule has 0 amide bonds. The van der Waals surface area contributed by atoms with E-state index in [0.29, 0.717) is 23.7 Å². The van der Waals surface area contributed by atoms with Crippen LogP contribution < -0.4 is 0 Å². The first-order valence-corrected chi connectivity index (χ1v) is 8.60. The van der Waals surface area contributed by atoms with Gasteiger partial charge >= 0.3 is 0 Å². The largest absolute Gasteiger partial charge is 0.396 e. The van der Waals surface area contributed by atoms with Crippen LogP contribution in [-0.4, -0.2) is 37.5 Å². The van der Waals surface area contributed by atoms with Crippen LogP contribution in [0.5, 0.6) is 0 Å². The van der Waals surface area contributed by atoms with Crippen molar-refractivity contribution in [1.29, 1.82) is 0 Å². The molecule has 19 heavy (non-hydrogen) atoms. The number of thiophene rings is 1. The van der Waals surface area contributed by atoms with Gasteiger partial charge in [-0.1, -0.05) is 20.8 Å². The molecule has 0 atom stereocenters. The van der Waals surface area contributed by atoms with E-state index in [1.54, 1.807) is 6.07 Å². The fourth-order valence-corrected chi connectivity index (χ4v) is 4.88. The molecular formula is C13H23NO3S2. The minimum atomic E-state index is -3.44. The van der Waals surface area contributed by atoms with Crippen molar-refractivity contribution < 1.29 is 13.5 Å². The molecule has 6 heteroatoms. The number of aliphatic hydroxyl groups excluding tert-OH is 1. The van der Waals surface area contributed by atoms with Crippen LogP contribution in [0.2, 0.25) is 0 Å². The lowest BCUT2D eigenvalue weighted by Crippen LogP contribution is -2.38. The van der Waals surface area contributed by atoms with E-state index in [1.165, 1.54) is 15.6 Å². The Morgan fingerprint density at radius 2 is 1.95 bits per heavy atom. The molecular weight excluding hydrogens is 282 g/mol. The maximum absolute atomic E-state index is 12.6. The molecule has 0 aliphatic rings. The van der Waals surface area contributed by atoms with Crippen LogP contribution in [0, 0.1) is 12.3 Å². The third kappa shape index (κ3) is 4.87. The van der Waals surface area contributed by atoms with E-state index >= 15 is 0 Å². The van der Waals surface area contributed by atoms with Gasteiger partial charge in [0, 0.05) is 24.6 Å². The van der Waals surface area contributed by atoms with Gasteiger partial charge in [0.2, 0.25) is 0 Å². The van der Waals surface area contributed by atoms with E-state index in [1.807, 2.05) is 33.8 Å². The monoisotopic (exact) mass is 305 g/mol. The Balaban J connectivity index is 3.01. The first kappa shape index (κ1) is 16.6. The summed E-state index contributed by atoms with van der Waals surface area (Å²) in [5, 5.41) is 8.93. The maximum atomic E-state index is 12.6. The van der Waals surface area contributed by atoms with E-state index in [4.69, 9.17) is 5.11 Å². The Labute approximate surface area is 120 Å². The van der Waals surface area contributed by atoms with Crippen molar-refractivity contribution in [3.63, 3.8) is 0 Å². The number of hydrogen-bond acceptors (Lipinski definition) is 4. The Morgan fingerprint density at radius 3 is 2.37 bits per heavy atom. The number of rotatable bonds is 6. The second-order valence-corrected chi connectivity index (χ2v) is 9.29. The van der Waals surface area contributed by atoms with Gasteiger partial charge in [-0.2, -0.15) is 4.31 Å². The minimum Gasteiger partial charge on any atom is -0.396 e. The topological polar surface area (TPSA) is 57.6 Å². The SMILES string of the molecule is Cc1ccc(S(=O)(=O)N(CCCO)CC(C)(C)C)s1. The Hall–Kier alpha value is -0.430. The average molecular weight is 305 g/mol. The molecule has 0 saturated carbocycles. The normalized spacial score (nSPS) is 13.2. The molecule has 0 aromatic carbocycles. The van der Waals surface area contributed by atoms with E-state index < -0.39 is 10.0 Å². The quantitative estimate of drug-likeness (QED) is 0.878. The summed E-state index contributed by atoms with van der Waals surface area (Å²) >= 11 is 1.29. The molecule has 0 bridgehead atoms. The highest BCUT2D eigenvalue weighted by molar-refractivity contribution is 7.91. The fourth-order valence-electron chi connectivity index (χ4n) is 1.74. The molecule has 0 saturated heterocycles. The molecule has 0 unspecified atom stereocenters. The molecule has 1 N–H and O–H groups in total. The van der Waals surface area contributed by atoms with Gasteiger partial charge in [-0.25, -0.2) is 8.42 Å². The summed E-state index contributed by atoms with van der Waals surface area (Å²) in [5.74, 6) is 0. The van der Waals surface area contributed by atoms with Crippen molar-refractivity contribution in [3.8, 4) is 0 Å². The Bertz CT molecular complexity index is 500. The standard InChI is InChI=1S/C13H23NO3S2/c1-11-6-7-12(18-11)19(16,17)14(8-5-9-15)10-13(2,3)4/h6-7,15H,5,8-10H2,1-4H3. The van der Waals surface area contributed by atoms with Crippen molar-refractivity contribution in [2.45, 2.75) is 38.3 Å². The molecule has 0 aliphatic heterocycles. The summed E-state index contributed by atoms with van der Waals surface area (Å²) in [4.78, 5) is 0.983. The molecule has 1 aromatic rings. The Morgan fingerprint density at radius 1 is 1.32 bits per heavy atom. The van der Waals surface area contributed by atoms with Gasteiger partial charge in [0.1, 0.15) is 4.21 Å². The van der Waals surface area contributed by atoms with Crippen LogP contribution in [0.3, 0.4) is 0 Å². The fraction of sp³-hybridized carbons (Fsp3) is 0.692. The molecule has 110 valence electrons. The van der Waals surface area contributed by atoms with Crippen LogP contribution in [0.15, 0.2) is 16.3 Å². The van der Waals surface area contributed by atoms with Gasteiger partial charge in [-0.05, 0) is 30.9 Å². The van der Waals surface area contributed by atoms with Crippen molar-refractivity contribution in [2.75, 3.05) is 19.7 Å². The molecule has 0 fully saturated rings. The first-order valence-electron chi connectivity index (χ1n) is 6.34. The maximum Gasteiger partial charge on any atom is 0.252 e. The van der Waals surface area contributed by atoms with Crippen LogP contribution in [0.25, 0.3) is 0 Å². The van der Waals surface area contributed by atoms with Crippen LogP contribution in [0.1, 0.15) is 32.1 Å². The number of aryl methyl sites for hydroxylation is 1. The summed E-state index contributed by atoms with van der Waals surface area (Å²) in [7, 11) is -3.44. The van der Waals surface area contributed by atoms with Crippen molar-refractivity contribution in [2.24, 2.45) is 5.41 Å². The van der Waals surface area contributed by atoms with Gasteiger partial charge in [-0.3, -0.25) is 0 Å². The number of sulfonamides is 1. The minimum absolute atomic E-state index is 0.000366. The predicted octanol–water partition coefficient (Wildman–Crippen LogP) is 2.48. The highest BCUT2D eigenvalue weighted by atomic mass is 32.2. The number of aliphatic hydroxyl groups is 1. The van der Waals surface area contributed by atoms with E-state index in [0.717, 1.165) is 4.88 Å².